The summed E-state index contributed by atoms with van der Waals surface area (Å²) < 4.78 is 11.8. The van der Waals surface area contributed by atoms with Gasteiger partial charge in [-0.1, -0.05) is 37.1 Å². The van der Waals surface area contributed by atoms with Gasteiger partial charge in [0.25, 0.3) is 0 Å². The fourth-order valence-electron chi connectivity index (χ4n) is 10.2. The summed E-state index contributed by atoms with van der Waals surface area (Å²) in [6.45, 7) is 11.6. The minimum absolute atomic E-state index is 0.102. The average Bonchev–Trinajstić information content (AvgIpc) is 3.94. The number of rotatable bonds is 4. The summed E-state index contributed by atoms with van der Waals surface area (Å²) in [4.78, 5) is 47.7. The molecule has 2 amide bonds. The van der Waals surface area contributed by atoms with Crippen LogP contribution in [0.3, 0.4) is 0 Å². The predicted molar refractivity (Wildman–Crippen MR) is 207 cm³/mol. The van der Waals surface area contributed by atoms with E-state index in [0.29, 0.717) is 11.8 Å². The average molecular weight is 731 g/mol. The lowest BCUT2D eigenvalue weighted by Gasteiger charge is -2.31. The molecular weight excluding hydrogens is 677 g/mol. The first-order chi connectivity index (χ1) is 25.8. The van der Waals surface area contributed by atoms with E-state index in [2.05, 4.69) is 46.4 Å². The molecule has 4 aromatic rings. The Morgan fingerprint density at radius 2 is 1.06 bits per heavy atom. The van der Waals surface area contributed by atoms with Crippen LogP contribution in [0.4, 0.5) is 9.59 Å². The van der Waals surface area contributed by atoms with Gasteiger partial charge in [-0.25, -0.2) is 19.6 Å². The highest BCUT2D eigenvalue weighted by Gasteiger charge is 2.50. The van der Waals surface area contributed by atoms with Crippen LogP contribution in [0.1, 0.15) is 139 Å². The molecule has 2 aromatic heterocycles. The molecule has 2 N–H and O–H groups in total. The Hall–Kier alpha value is -4.60. The Kier molecular flexibility index (Phi) is 8.47. The van der Waals surface area contributed by atoms with E-state index < -0.39 is 11.2 Å². The van der Waals surface area contributed by atoms with Crippen molar-refractivity contribution in [1.82, 2.24) is 29.7 Å². The summed E-state index contributed by atoms with van der Waals surface area (Å²) in [6, 6.07) is 13.7. The van der Waals surface area contributed by atoms with Crippen molar-refractivity contribution in [3.05, 3.63) is 82.7 Å². The normalized spacial score (nSPS) is 26.0. The monoisotopic (exact) mass is 730 g/mol. The maximum Gasteiger partial charge on any atom is 0.411 e. The molecule has 9 rings (SSSR count). The summed E-state index contributed by atoms with van der Waals surface area (Å²) in [5.41, 5.74) is 8.40. The van der Waals surface area contributed by atoms with Gasteiger partial charge in [0.2, 0.25) is 0 Å². The first-order valence-corrected chi connectivity index (χ1v) is 20.1. The summed E-state index contributed by atoms with van der Waals surface area (Å²) in [5, 5.41) is 0. The van der Waals surface area contributed by atoms with Gasteiger partial charge in [-0.3, -0.25) is 9.80 Å². The Morgan fingerprint density at radius 3 is 1.46 bits per heavy atom. The lowest BCUT2D eigenvalue weighted by Crippen LogP contribution is -2.41. The molecule has 4 fully saturated rings. The number of aromatic amines is 2. The predicted octanol–water partition coefficient (Wildman–Crippen LogP) is 9.66. The highest BCUT2D eigenvalue weighted by atomic mass is 16.6. The molecular formula is C44H54N6O4. The Morgan fingerprint density at radius 1 is 0.630 bits per heavy atom. The van der Waals surface area contributed by atoms with Crippen molar-refractivity contribution in [3.63, 3.8) is 0 Å². The molecule has 284 valence electrons. The van der Waals surface area contributed by atoms with Crippen LogP contribution in [0.15, 0.2) is 48.8 Å². The van der Waals surface area contributed by atoms with Crippen LogP contribution in [0.5, 0.6) is 0 Å². The van der Waals surface area contributed by atoms with E-state index in [-0.39, 0.29) is 36.4 Å². The smallest absolute Gasteiger partial charge is 0.411 e. The van der Waals surface area contributed by atoms with Gasteiger partial charge < -0.3 is 19.4 Å². The van der Waals surface area contributed by atoms with Gasteiger partial charge in [0.05, 0.1) is 35.9 Å². The van der Waals surface area contributed by atoms with Crippen molar-refractivity contribution < 1.29 is 19.1 Å². The van der Waals surface area contributed by atoms with Gasteiger partial charge in [0.15, 0.2) is 0 Å². The van der Waals surface area contributed by atoms with Gasteiger partial charge in [0.1, 0.15) is 22.9 Å². The largest absolute Gasteiger partial charge is 0.444 e. The zero-order chi connectivity index (χ0) is 37.5. The SMILES string of the molecule is CC(C)(C)OC(=O)N1[C@@H]2CCC[C@@H]2C[C@H]1c1ncc(-c2ccc3c(c2)Cc2ccc(-c4cnc([C@@H]5C[C@@H]6CCC[C@@H]6N5C(=O)OC(C)(C)C)[nH]4)cc2C3)[nH]1. The van der Waals surface area contributed by atoms with E-state index in [0.717, 1.165) is 98.4 Å². The number of H-pyrrole nitrogens is 2. The minimum Gasteiger partial charge on any atom is -0.444 e. The van der Waals surface area contributed by atoms with Gasteiger partial charge in [0, 0.05) is 12.1 Å². The van der Waals surface area contributed by atoms with E-state index in [4.69, 9.17) is 19.4 Å². The maximum absolute atomic E-state index is 13.4. The molecule has 2 saturated carbocycles. The second-order valence-corrected chi connectivity index (χ2v) is 18.5. The Bertz CT molecular complexity index is 1940. The van der Waals surface area contributed by atoms with Gasteiger partial charge in [-0.05, 0) is 150 Å². The van der Waals surface area contributed by atoms with Crippen molar-refractivity contribution in [3.8, 4) is 22.5 Å². The van der Waals surface area contributed by atoms with Crippen LogP contribution in [0.25, 0.3) is 22.5 Å². The van der Waals surface area contributed by atoms with Crippen molar-refractivity contribution in [2.45, 2.75) is 141 Å². The number of benzene rings is 2. The van der Waals surface area contributed by atoms with Crippen LogP contribution in [-0.4, -0.2) is 65.2 Å². The number of fused-ring (bicyclic) bond motifs is 4. The first-order valence-electron chi connectivity index (χ1n) is 20.1. The van der Waals surface area contributed by atoms with Gasteiger partial charge in [-0.2, -0.15) is 0 Å². The molecule has 10 heteroatoms. The molecule has 54 heavy (non-hydrogen) atoms. The molecule has 0 radical (unpaired) electrons. The van der Waals surface area contributed by atoms with Crippen LogP contribution in [-0.2, 0) is 22.3 Å². The molecule has 2 aromatic carbocycles. The minimum atomic E-state index is -0.542. The van der Waals surface area contributed by atoms with Crippen molar-refractivity contribution >= 4 is 12.2 Å². The van der Waals surface area contributed by atoms with E-state index in [9.17, 15) is 9.59 Å². The highest BCUT2D eigenvalue weighted by molar-refractivity contribution is 5.71. The molecule has 0 bridgehead atoms. The molecule has 6 atom stereocenters. The number of carbonyl (C=O) groups excluding carboxylic acids is 2. The topological polar surface area (TPSA) is 116 Å². The number of amides is 2. The van der Waals surface area contributed by atoms with E-state index in [1.54, 1.807) is 0 Å². The van der Waals surface area contributed by atoms with E-state index in [1.165, 1.54) is 22.3 Å². The third-order valence-corrected chi connectivity index (χ3v) is 12.5. The summed E-state index contributed by atoms with van der Waals surface area (Å²) in [7, 11) is 0. The molecule has 4 heterocycles. The lowest BCUT2D eigenvalue weighted by molar-refractivity contribution is 0.0120. The van der Waals surface area contributed by atoms with E-state index in [1.807, 2.05) is 63.7 Å². The lowest BCUT2D eigenvalue weighted by atomic mass is 9.84. The number of carbonyl (C=O) groups is 2. The molecule has 5 aliphatic rings. The Balaban J connectivity index is 0.912. The number of ether oxygens (including phenoxy) is 2. The quantitative estimate of drug-likeness (QED) is 0.190. The third-order valence-electron chi connectivity index (χ3n) is 12.5. The number of aromatic nitrogens is 4. The number of hydrogen-bond donors (Lipinski definition) is 2. The van der Waals surface area contributed by atoms with Crippen LogP contribution >= 0.6 is 0 Å². The zero-order valence-corrected chi connectivity index (χ0v) is 32.6. The van der Waals surface area contributed by atoms with Crippen molar-refractivity contribution in [1.29, 1.82) is 0 Å². The van der Waals surface area contributed by atoms with Gasteiger partial charge >= 0.3 is 12.2 Å². The maximum atomic E-state index is 13.4. The number of hydrogen-bond acceptors (Lipinski definition) is 6. The van der Waals surface area contributed by atoms with Crippen molar-refractivity contribution in [2.75, 3.05) is 0 Å². The fourth-order valence-corrected chi connectivity index (χ4v) is 10.2. The number of imidazole rings is 2. The fraction of sp³-hybridized carbons (Fsp3) is 0.545. The Labute approximate surface area is 318 Å². The van der Waals surface area contributed by atoms with Crippen LogP contribution < -0.4 is 0 Å². The number of nitrogens with zero attached hydrogens (tertiary/aromatic N) is 4. The molecule has 0 unspecified atom stereocenters. The summed E-state index contributed by atoms with van der Waals surface area (Å²) in [5.74, 6) is 2.68. The second-order valence-electron chi connectivity index (χ2n) is 18.5. The number of nitrogens with one attached hydrogen (secondary N) is 2. The highest BCUT2D eigenvalue weighted by Crippen LogP contribution is 2.49. The first kappa shape index (κ1) is 35.1. The summed E-state index contributed by atoms with van der Waals surface area (Å²) in [6.07, 6.45) is 13.6. The van der Waals surface area contributed by atoms with Crippen LogP contribution in [0.2, 0.25) is 0 Å². The zero-order valence-electron chi connectivity index (χ0n) is 32.6. The molecule has 2 aliphatic heterocycles. The third kappa shape index (κ3) is 6.49. The van der Waals surface area contributed by atoms with Gasteiger partial charge in [-0.15, -0.1) is 0 Å². The standard InChI is InChI=1S/C44H54N6O4/c1-43(2,3)53-41(51)49-35-11-7-9-29(35)21-37(49)39-45-23-33(47-39)27-15-13-25-18-32-20-28(16-14-26(32)17-31(25)19-27)34-24-46-40(48-34)38-22-30-10-8-12-36(30)50(38)42(52)54-44(4,5)6/h13-16,19-20,23-24,29-30,35-38H,7-12,17-18,21-22H2,1-6H3,(H,45,47)(H,46,48)/t29-,30+,35-,36+,37-,38-/m0/s1. The molecule has 2 saturated heterocycles. The van der Waals surface area contributed by atoms with Crippen LogP contribution in [0, 0.1) is 11.8 Å². The number of likely N-dealkylation sites (tertiary alicyclic amines) is 2. The second kappa shape index (κ2) is 13.0. The molecule has 3 aliphatic carbocycles. The summed E-state index contributed by atoms with van der Waals surface area (Å²) >= 11 is 0. The molecule has 0 spiro atoms. The van der Waals surface area contributed by atoms with E-state index >= 15 is 0 Å². The molecule has 10 nitrogen and oxygen atoms in total. The van der Waals surface area contributed by atoms with Crippen molar-refractivity contribution in [2.24, 2.45) is 11.8 Å².